The fourth-order valence-corrected chi connectivity index (χ4v) is 2.92. The highest BCUT2D eigenvalue weighted by atomic mass is 35.5. The van der Waals surface area contributed by atoms with E-state index in [2.05, 4.69) is 61.8 Å². The third kappa shape index (κ3) is 4.85. The molecule has 1 atom stereocenters. The number of aromatic nitrogens is 1. The van der Waals surface area contributed by atoms with Crippen LogP contribution in [0.25, 0.3) is 0 Å². The number of benzene rings is 1. The smallest absolute Gasteiger partial charge is 0.201 e. The summed E-state index contributed by atoms with van der Waals surface area (Å²) >= 11 is 0. The highest BCUT2D eigenvalue weighted by Gasteiger charge is 2.21. The van der Waals surface area contributed by atoms with Crippen LogP contribution in [-0.2, 0) is 0 Å². The average molecular weight is 323 g/mol. The van der Waals surface area contributed by atoms with E-state index >= 15 is 0 Å². The van der Waals surface area contributed by atoms with E-state index in [0.717, 1.165) is 18.9 Å². The molecule has 0 radical (unpaired) electrons. The van der Waals surface area contributed by atoms with E-state index in [1.807, 2.05) is 6.07 Å². The van der Waals surface area contributed by atoms with Gasteiger partial charge in [-0.25, -0.2) is 4.98 Å². The molecule has 1 heterocycles. The van der Waals surface area contributed by atoms with Crippen molar-refractivity contribution < 1.29 is 4.42 Å². The second-order valence-corrected chi connectivity index (χ2v) is 6.05. The van der Waals surface area contributed by atoms with Crippen molar-refractivity contribution in [3.05, 3.63) is 54.2 Å². The van der Waals surface area contributed by atoms with E-state index in [4.69, 9.17) is 4.42 Å². The van der Waals surface area contributed by atoms with E-state index in [1.54, 1.807) is 12.5 Å². The summed E-state index contributed by atoms with van der Waals surface area (Å²) in [7, 11) is 0. The zero-order valence-electron chi connectivity index (χ0n) is 13.9. The van der Waals surface area contributed by atoms with Crippen molar-refractivity contribution in [2.75, 3.05) is 6.54 Å². The normalized spacial score (nSPS) is 12.7. The minimum Gasteiger partial charge on any atom is -0.448 e. The maximum absolute atomic E-state index is 5.57. The fourth-order valence-electron chi connectivity index (χ4n) is 2.92. The van der Waals surface area contributed by atoms with Crippen LogP contribution in [0.4, 0.5) is 0 Å². The largest absolute Gasteiger partial charge is 0.448 e. The Kier molecular flexibility index (Phi) is 7.63. The van der Waals surface area contributed by atoms with Gasteiger partial charge in [-0.2, -0.15) is 0 Å². The Hall–Kier alpha value is -1.32. The highest BCUT2D eigenvalue weighted by molar-refractivity contribution is 5.85. The van der Waals surface area contributed by atoms with Gasteiger partial charge < -0.3 is 4.42 Å². The maximum atomic E-state index is 5.57. The lowest BCUT2D eigenvalue weighted by atomic mass is 9.95. The number of hydrogen-bond donors (Lipinski definition) is 0. The Morgan fingerprint density at radius 2 is 1.68 bits per heavy atom. The van der Waals surface area contributed by atoms with Crippen molar-refractivity contribution in [3.63, 3.8) is 0 Å². The van der Waals surface area contributed by atoms with Crippen LogP contribution in [0.1, 0.15) is 51.5 Å². The molecule has 1 aromatic carbocycles. The summed E-state index contributed by atoms with van der Waals surface area (Å²) < 4.78 is 5.57. The predicted octanol–water partition coefficient (Wildman–Crippen LogP) is 4.74. The Bertz CT molecular complexity index is 503. The summed E-state index contributed by atoms with van der Waals surface area (Å²) in [5.74, 6) is 1.04. The van der Waals surface area contributed by atoms with E-state index in [0.29, 0.717) is 12.1 Å². The van der Waals surface area contributed by atoms with Gasteiger partial charge in [0, 0.05) is 12.1 Å². The van der Waals surface area contributed by atoms with Crippen LogP contribution >= 0.6 is 12.4 Å². The van der Waals surface area contributed by atoms with Gasteiger partial charge in [-0.05, 0) is 46.2 Å². The molecule has 0 aliphatic rings. The summed E-state index contributed by atoms with van der Waals surface area (Å²) in [5.41, 5.74) is 1.27. The lowest BCUT2D eigenvalue weighted by Crippen LogP contribution is -2.38. The summed E-state index contributed by atoms with van der Waals surface area (Å²) in [6.07, 6.45) is 4.41. The van der Waals surface area contributed by atoms with Crippen LogP contribution in [0.5, 0.6) is 0 Å². The molecule has 0 spiro atoms. The molecule has 0 fully saturated rings. The first kappa shape index (κ1) is 18.7. The first-order valence-electron chi connectivity index (χ1n) is 7.79. The van der Waals surface area contributed by atoms with Crippen LogP contribution < -0.4 is 0 Å². The minimum atomic E-state index is 0. The van der Waals surface area contributed by atoms with Gasteiger partial charge in [-0.1, -0.05) is 30.3 Å². The summed E-state index contributed by atoms with van der Waals surface area (Å²) in [6.45, 7) is 10.0. The highest BCUT2D eigenvalue weighted by Crippen LogP contribution is 2.27. The molecule has 0 saturated heterocycles. The first-order valence-corrected chi connectivity index (χ1v) is 7.79. The molecule has 4 heteroatoms. The molecule has 1 unspecified atom stereocenters. The van der Waals surface area contributed by atoms with Gasteiger partial charge in [0.25, 0.3) is 0 Å². The van der Waals surface area contributed by atoms with Crippen LogP contribution in [0, 0.1) is 0 Å². The van der Waals surface area contributed by atoms with Gasteiger partial charge >= 0.3 is 0 Å². The van der Waals surface area contributed by atoms with Gasteiger partial charge in [-0.15, -0.1) is 12.4 Å². The third-order valence-electron chi connectivity index (χ3n) is 3.95. The van der Waals surface area contributed by atoms with Crippen LogP contribution in [0.2, 0.25) is 0 Å². The van der Waals surface area contributed by atoms with Gasteiger partial charge in [-0.3, -0.25) is 4.90 Å². The molecular weight excluding hydrogens is 296 g/mol. The second kappa shape index (κ2) is 8.96. The number of rotatable bonds is 7. The Labute approximate surface area is 140 Å². The third-order valence-corrected chi connectivity index (χ3v) is 3.95. The van der Waals surface area contributed by atoms with E-state index in [1.165, 1.54) is 5.56 Å². The van der Waals surface area contributed by atoms with Gasteiger partial charge in [0.2, 0.25) is 5.89 Å². The van der Waals surface area contributed by atoms with Crippen molar-refractivity contribution in [3.8, 4) is 0 Å². The molecule has 0 N–H and O–H groups in total. The lowest BCUT2D eigenvalue weighted by molar-refractivity contribution is 0.169. The molecular formula is C18H27ClN2O. The monoisotopic (exact) mass is 322 g/mol. The molecule has 122 valence electrons. The van der Waals surface area contributed by atoms with Crippen molar-refractivity contribution in [2.45, 2.75) is 52.1 Å². The number of halogens is 1. The molecule has 1 aromatic heterocycles. The maximum Gasteiger partial charge on any atom is 0.201 e. The molecule has 0 saturated carbocycles. The molecule has 2 aromatic rings. The van der Waals surface area contributed by atoms with Crippen LogP contribution in [0.3, 0.4) is 0 Å². The Morgan fingerprint density at radius 1 is 1.05 bits per heavy atom. The first-order chi connectivity index (χ1) is 10.1. The summed E-state index contributed by atoms with van der Waals surface area (Å²) in [6, 6.07) is 11.6. The van der Waals surface area contributed by atoms with Crippen molar-refractivity contribution in [2.24, 2.45) is 0 Å². The van der Waals surface area contributed by atoms with Crippen molar-refractivity contribution in [1.82, 2.24) is 9.88 Å². The SMILES string of the molecule is CC(C)N(CCC(c1ccccc1)c1ncco1)C(C)C.Cl. The lowest BCUT2D eigenvalue weighted by Gasteiger charge is -2.31. The van der Waals surface area contributed by atoms with Crippen molar-refractivity contribution >= 4 is 12.4 Å². The zero-order chi connectivity index (χ0) is 15.2. The number of nitrogens with zero attached hydrogens (tertiary/aromatic N) is 2. The summed E-state index contributed by atoms with van der Waals surface area (Å²) in [4.78, 5) is 6.89. The fraction of sp³-hybridized carbons (Fsp3) is 0.500. The quantitative estimate of drug-likeness (QED) is 0.737. The van der Waals surface area contributed by atoms with Crippen LogP contribution in [0.15, 0.2) is 47.2 Å². The number of oxazole rings is 1. The van der Waals surface area contributed by atoms with Gasteiger partial charge in [0.05, 0.1) is 12.1 Å². The summed E-state index contributed by atoms with van der Waals surface area (Å²) in [5, 5.41) is 0. The van der Waals surface area contributed by atoms with E-state index in [9.17, 15) is 0 Å². The second-order valence-electron chi connectivity index (χ2n) is 6.05. The molecule has 0 amide bonds. The Balaban J connectivity index is 0.00000242. The Morgan fingerprint density at radius 3 is 2.18 bits per heavy atom. The zero-order valence-corrected chi connectivity index (χ0v) is 14.7. The van der Waals surface area contributed by atoms with Crippen molar-refractivity contribution in [1.29, 1.82) is 0 Å². The number of hydrogen-bond acceptors (Lipinski definition) is 3. The molecule has 3 nitrogen and oxygen atoms in total. The molecule has 0 bridgehead atoms. The van der Waals surface area contributed by atoms with Gasteiger partial charge in [0.1, 0.15) is 6.26 Å². The molecule has 2 rings (SSSR count). The van der Waals surface area contributed by atoms with E-state index < -0.39 is 0 Å². The van der Waals surface area contributed by atoms with E-state index in [-0.39, 0.29) is 18.3 Å². The molecule has 0 aliphatic carbocycles. The minimum absolute atomic E-state index is 0. The predicted molar refractivity (Wildman–Crippen MR) is 93.6 cm³/mol. The topological polar surface area (TPSA) is 29.3 Å². The van der Waals surface area contributed by atoms with Gasteiger partial charge in [0.15, 0.2) is 0 Å². The molecule has 0 aliphatic heterocycles. The standard InChI is InChI=1S/C18H26N2O.ClH/c1-14(2)20(15(3)4)12-10-17(18-19-11-13-21-18)16-8-6-5-7-9-16;/h5-9,11,13-15,17H,10,12H2,1-4H3;1H. The average Bonchev–Trinajstić information content (AvgIpc) is 2.97. The molecule has 22 heavy (non-hydrogen) atoms. The van der Waals surface area contributed by atoms with Crippen LogP contribution in [-0.4, -0.2) is 28.5 Å².